The second kappa shape index (κ2) is 3.31. The molecular weight excluding hydrogens is 204 g/mol. The average molecular weight is 216 g/mol. The van der Waals surface area contributed by atoms with Crippen molar-refractivity contribution in [1.29, 1.82) is 0 Å². The van der Waals surface area contributed by atoms with Crippen LogP contribution >= 0.6 is 0 Å². The molecule has 1 aliphatic rings. The van der Waals surface area contributed by atoms with Gasteiger partial charge in [-0.3, -0.25) is 0 Å². The molecule has 2 aromatic heterocycles. The third-order valence-corrected chi connectivity index (χ3v) is 2.73. The van der Waals surface area contributed by atoms with E-state index in [0.717, 1.165) is 22.8 Å². The Morgan fingerprint density at radius 3 is 3.19 bits per heavy atom. The van der Waals surface area contributed by atoms with Gasteiger partial charge in [0.2, 0.25) is 0 Å². The molecule has 0 aliphatic carbocycles. The van der Waals surface area contributed by atoms with Gasteiger partial charge in [-0.2, -0.15) is 0 Å². The molecule has 82 valence electrons. The van der Waals surface area contributed by atoms with Crippen LogP contribution in [0, 0.1) is 0 Å². The zero-order chi connectivity index (χ0) is 11.1. The number of pyridine rings is 1. The topological polar surface area (TPSA) is 76.8 Å². The first-order valence-corrected chi connectivity index (χ1v) is 5.16. The van der Waals surface area contributed by atoms with Crippen LogP contribution in [-0.2, 0) is 11.3 Å². The largest absolute Gasteiger partial charge is 0.384 e. The van der Waals surface area contributed by atoms with Crippen LogP contribution in [0.15, 0.2) is 18.3 Å². The minimum absolute atomic E-state index is 0.0687. The lowest BCUT2D eigenvalue weighted by atomic mass is 10.2. The minimum Gasteiger partial charge on any atom is -0.384 e. The summed E-state index contributed by atoms with van der Waals surface area (Å²) in [6.45, 7) is 2.60. The van der Waals surface area contributed by atoms with Crippen LogP contribution in [-0.4, -0.2) is 15.0 Å². The number of nitrogens with two attached hydrogens (primary N) is 1. The van der Waals surface area contributed by atoms with E-state index in [0.29, 0.717) is 12.4 Å². The maximum absolute atomic E-state index is 5.64. The standard InChI is InChI=1S/C11H12N4O/c1-6-10-8(5-16-6)14-11(15-10)7-2-3-13-9(12)4-7/h2-4,6H,5H2,1H3,(H2,12,13)(H,14,15). The molecule has 5 heteroatoms. The van der Waals surface area contributed by atoms with Crippen LogP contribution in [0.2, 0.25) is 0 Å². The van der Waals surface area contributed by atoms with Crippen molar-refractivity contribution in [3.05, 3.63) is 29.7 Å². The van der Waals surface area contributed by atoms with Crippen LogP contribution < -0.4 is 5.73 Å². The lowest BCUT2D eigenvalue weighted by Gasteiger charge is -2.01. The number of nitrogens with one attached hydrogen (secondary N) is 1. The molecule has 0 bridgehead atoms. The highest BCUT2D eigenvalue weighted by atomic mass is 16.5. The lowest BCUT2D eigenvalue weighted by Crippen LogP contribution is -1.93. The van der Waals surface area contributed by atoms with Gasteiger partial charge in [0.1, 0.15) is 11.6 Å². The maximum atomic E-state index is 5.64. The highest BCUT2D eigenvalue weighted by Gasteiger charge is 2.24. The molecule has 0 fully saturated rings. The van der Waals surface area contributed by atoms with Crippen LogP contribution in [0.5, 0.6) is 0 Å². The summed E-state index contributed by atoms with van der Waals surface area (Å²) >= 11 is 0. The predicted octanol–water partition coefficient (Wildman–Crippen LogP) is 1.65. The molecule has 5 nitrogen and oxygen atoms in total. The molecule has 0 spiro atoms. The molecule has 0 radical (unpaired) electrons. The molecule has 1 unspecified atom stereocenters. The van der Waals surface area contributed by atoms with E-state index >= 15 is 0 Å². The Kier molecular flexibility index (Phi) is 1.94. The third-order valence-electron chi connectivity index (χ3n) is 2.73. The van der Waals surface area contributed by atoms with Gasteiger partial charge < -0.3 is 15.5 Å². The zero-order valence-corrected chi connectivity index (χ0v) is 8.90. The van der Waals surface area contributed by atoms with Gasteiger partial charge in [-0.05, 0) is 19.1 Å². The number of nitrogens with zero attached hydrogens (tertiary/aromatic N) is 2. The number of imidazole rings is 1. The summed E-state index contributed by atoms with van der Waals surface area (Å²) in [7, 11) is 0. The molecular formula is C11H12N4O. The van der Waals surface area contributed by atoms with Gasteiger partial charge in [0.25, 0.3) is 0 Å². The van der Waals surface area contributed by atoms with E-state index in [4.69, 9.17) is 10.5 Å². The fraction of sp³-hybridized carbons (Fsp3) is 0.273. The highest BCUT2D eigenvalue weighted by molar-refractivity contribution is 5.59. The van der Waals surface area contributed by atoms with E-state index in [9.17, 15) is 0 Å². The first-order chi connectivity index (χ1) is 7.74. The lowest BCUT2D eigenvalue weighted by molar-refractivity contribution is 0.0762. The smallest absolute Gasteiger partial charge is 0.138 e. The summed E-state index contributed by atoms with van der Waals surface area (Å²) in [4.78, 5) is 11.7. The Hall–Kier alpha value is -1.88. The number of H-pyrrole nitrogens is 1. The summed E-state index contributed by atoms with van der Waals surface area (Å²) in [5.74, 6) is 1.33. The Labute approximate surface area is 92.7 Å². The molecule has 2 aromatic rings. The van der Waals surface area contributed by atoms with E-state index in [2.05, 4.69) is 15.0 Å². The van der Waals surface area contributed by atoms with Crippen molar-refractivity contribution in [2.24, 2.45) is 0 Å². The van der Waals surface area contributed by atoms with Crippen LogP contribution in [0.1, 0.15) is 24.4 Å². The summed E-state index contributed by atoms with van der Waals surface area (Å²) in [6, 6.07) is 3.69. The SMILES string of the molecule is CC1OCc2[nH]c(-c3ccnc(N)c3)nc21. The third kappa shape index (κ3) is 1.37. The number of aromatic amines is 1. The van der Waals surface area contributed by atoms with Gasteiger partial charge in [-0.1, -0.05) is 0 Å². The number of hydrogen-bond acceptors (Lipinski definition) is 4. The van der Waals surface area contributed by atoms with Gasteiger partial charge in [-0.15, -0.1) is 0 Å². The molecule has 1 aliphatic heterocycles. The number of nitrogen functional groups attached to an aromatic ring is 1. The number of rotatable bonds is 1. The number of fused-ring (bicyclic) bond motifs is 1. The summed E-state index contributed by atoms with van der Waals surface area (Å²) < 4.78 is 5.45. The zero-order valence-electron chi connectivity index (χ0n) is 8.90. The first kappa shape index (κ1) is 9.35. The van der Waals surface area contributed by atoms with Gasteiger partial charge >= 0.3 is 0 Å². The van der Waals surface area contributed by atoms with Gasteiger partial charge in [0, 0.05) is 11.8 Å². The quantitative estimate of drug-likeness (QED) is 0.759. The first-order valence-electron chi connectivity index (χ1n) is 5.16. The summed E-state index contributed by atoms with van der Waals surface area (Å²) in [5, 5.41) is 0. The molecule has 3 rings (SSSR count). The fourth-order valence-electron chi connectivity index (χ4n) is 1.89. The Morgan fingerprint density at radius 1 is 1.56 bits per heavy atom. The van der Waals surface area contributed by atoms with Crippen molar-refractivity contribution in [3.63, 3.8) is 0 Å². The summed E-state index contributed by atoms with van der Waals surface area (Å²) in [5.41, 5.74) is 8.63. The van der Waals surface area contributed by atoms with Crippen molar-refractivity contribution >= 4 is 5.82 Å². The van der Waals surface area contributed by atoms with Gasteiger partial charge in [-0.25, -0.2) is 9.97 Å². The van der Waals surface area contributed by atoms with E-state index in [1.165, 1.54) is 0 Å². The molecule has 0 saturated carbocycles. The van der Waals surface area contributed by atoms with Crippen molar-refractivity contribution < 1.29 is 4.74 Å². The monoisotopic (exact) mass is 216 g/mol. The van der Waals surface area contributed by atoms with Crippen molar-refractivity contribution in [2.45, 2.75) is 19.6 Å². The minimum atomic E-state index is 0.0687. The van der Waals surface area contributed by atoms with Gasteiger partial charge in [0.15, 0.2) is 0 Å². The maximum Gasteiger partial charge on any atom is 0.138 e. The molecule has 3 heterocycles. The number of hydrogen-bond donors (Lipinski definition) is 2. The highest BCUT2D eigenvalue weighted by Crippen LogP contribution is 2.30. The fourth-order valence-corrected chi connectivity index (χ4v) is 1.89. The van der Waals surface area contributed by atoms with Crippen LogP contribution in [0.3, 0.4) is 0 Å². The predicted molar refractivity (Wildman–Crippen MR) is 59.4 cm³/mol. The van der Waals surface area contributed by atoms with Crippen molar-refractivity contribution in [1.82, 2.24) is 15.0 Å². The van der Waals surface area contributed by atoms with Crippen molar-refractivity contribution in [3.8, 4) is 11.4 Å². The van der Waals surface area contributed by atoms with Crippen LogP contribution in [0.4, 0.5) is 5.82 Å². The molecule has 3 N–H and O–H groups in total. The molecule has 1 atom stereocenters. The van der Waals surface area contributed by atoms with Crippen LogP contribution in [0.25, 0.3) is 11.4 Å². The number of anilines is 1. The summed E-state index contributed by atoms with van der Waals surface area (Å²) in [6.07, 6.45) is 1.75. The Morgan fingerprint density at radius 2 is 2.44 bits per heavy atom. The Balaban J connectivity index is 2.05. The second-order valence-corrected chi connectivity index (χ2v) is 3.87. The molecule has 0 aromatic carbocycles. The average Bonchev–Trinajstić information content (AvgIpc) is 2.81. The van der Waals surface area contributed by atoms with E-state index in [-0.39, 0.29) is 6.10 Å². The van der Waals surface area contributed by atoms with E-state index in [1.807, 2.05) is 13.0 Å². The number of aromatic nitrogens is 3. The van der Waals surface area contributed by atoms with E-state index < -0.39 is 0 Å². The molecule has 0 saturated heterocycles. The second-order valence-electron chi connectivity index (χ2n) is 3.87. The normalized spacial score (nSPS) is 18.7. The van der Waals surface area contributed by atoms with E-state index in [1.54, 1.807) is 12.3 Å². The number of ether oxygens (including phenoxy) is 1. The Bertz CT molecular complexity index is 535. The van der Waals surface area contributed by atoms with Crippen molar-refractivity contribution in [2.75, 3.05) is 5.73 Å². The van der Waals surface area contributed by atoms with Gasteiger partial charge in [0.05, 0.1) is 24.1 Å². The molecule has 16 heavy (non-hydrogen) atoms. The molecule has 0 amide bonds.